The molecule has 0 bridgehead atoms. The maximum absolute atomic E-state index is 12.9. The number of hydrogen-bond donors (Lipinski definition) is 3. The van der Waals surface area contributed by atoms with Crippen LogP contribution in [0.3, 0.4) is 0 Å². The van der Waals surface area contributed by atoms with E-state index in [9.17, 15) is 14.0 Å². The number of aromatic nitrogens is 2. The number of aliphatic hydroxyl groups excluding tert-OH is 2. The van der Waals surface area contributed by atoms with Gasteiger partial charge < -0.3 is 20.5 Å². The monoisotopic (exact) mass is 231 g/mol. The van der Waals surface area contributed by atoms with Gasteiger partial charge in [0, 0.05) is 0 Å². The van der Waals surface area contributed by atoms with Crippen LogP contribution < -0.4 is 11.3 Å². The van der Waals surface area contributed by atoms with Gasteiger partial charge in [0.2, 0.25) is 5.95 Å². The number of nitrogens with zero attached hydrogens (tertiary/aromatic N) is 2. The highest BCUT2D eigenvalue weighted by atomic mass is 19.1. The summed E-state index contributed by atoms with van der Waals surface area (Å²) >= 11 is 0. The van der Waals surface area contributed by atoms with Gasteiger partial charge >= 0.3 is 0 Å². The number of aliphatic hydroxyl groups is 2. The lowest BCUT2D eigenvalue weighted by Crippen LogP contribution is -2.35. The molecule has 0 saturated carbocycles. The highest BCUT2D eigenvalue weighted by molar-refractivity contribution is 5.90. The zero-order chi connectivity index (χ0) is 12.3. The van der Waals surface area contributed by atoms with Gasteiger partial charge in [-0.2, -0.15) is 4.39 Å². The molecule has 1 atom stereocenters. The summed E-state index contributed by atoms with van der Waals surface area (Å²) in [5, 5.41) is 17.7. The average Bonchev–Trinajstić information content (AvgIpc) is 2.22. The van der Waals surface area contributed by atoms with E-state index >= 15 is 0 Å². The molecule has 4 N–H and O–H groups in total. The number of carbonyl (C=O) groups excluding carboxylic acids is 1. The first-order chi connectivity index (χ1) is 7.45. The Hall–Kier alpha value is -1.80. The fraction of sp³-hybridized carbons (Fsp3) is 0.375. The molecular weight excluding hydrogens is 221 g/mol. The minimum atomic E-state index is -1.24. The molecule has 0 aliphatic rings. The van der Waals surface area contributed by atoms with Gasteiger partial charge in [-0.15, -0.1) is 0 Å². The van der Waals surface area contributed by atoms with Crippen molar-refractivity contribution in [2.24, 2.45) is 5.73 Å². The lowest BCUT2D eigenvalue weighted by Gasteiger charge is -2.10. The number of amides is 1. The Labute approximate surface area is 89.0 Å². The maximum Gasteiger partial charge on any atom is 0.282 e. The summed E-state index contributed by atoms with van der Waals surface area (Å²) in [4.78, 5) is 25.3. The molecule has 1 unspecified atom stereocenters. The molecule has 7 nitrogen and oxygen atoms in total. The van der Waals surface area contributed by atoms with Gasteiger partial charge in [0.05, 0.1) is 25.5 Å². The van der Waals surface area contributed by atoms with Crippen LogP contribution in [-0.4, -0.2) is 38.4 Å². The second-order valence-electron chi connectivity index (χ2n) is 3.07. The van der Waals surface area contributed by atoms with E-state index < -0.39 is 35.8 Å². The summed E-state index contributed by atoms with van der Waals surface area (Å²) in [6, 6.07) is 0. The average molecular weight is 231 g/mol. The zero-order valence-corrected chi connectivity index (χ0v) is 8.13. The molecule has 0 saturated heterocycles. The summed E-state index contributed by atoms with van der Waals surface area (Å²) in [6.07, 6.45) is -0.520. The van der Waals surface area contributed by atoms with Crippen LogP contribution in [0.5, 0.6) is 0 Å². The standard InChI is InChI=1S/C8H10FN3O4/c9-5-2-12(1-4(14)3-13)8(16)6(11-5)7(10)15/h2,4,13-14H,1,3H2,(H2,10,15). The van der Waals surface area contributed by atoms with Crippen molar-refractivity contribution in [2.45, 2.75) is 12.6 Å². The van der Waals surface area contributed by atoms with E-state index in [2.05, 4.69) is 4.98 Å². The van der Waals surface area contributed by atoms with E-state index in [1.165, 1.54) is 0 Å². The molecule has 8 heteroatoms. The van der Waals surface area contributed by atoms with Crippen molar-refractivity contribution in [3.63, 3.8) is 0 Å². The quantitative estimate of drug-likeness (QED) is 0.545. The number of carbonyl (C=O) groups is 1. The van der Waals surface area contributed by atoms with Crippen LogP contribution in [0.15, 0.2) is 11.0 Å². The predicted octanol–water partition coefficient (Wildman–Crippen LogP) is -2.17. The van der Waals surface area contributed by atoms with Gasteiger partial charge in [0.15, 0.2) is 5.69 Å². The molecule has 0 aromatic carbocycles. The summed E-state index contributed by atoms with van der Waals surface area (Å²) in [5.74, 6) is -2.23. The van der Waals surface area contributed by atoms with Crippen molar-refractivity contribution in [2.75, 3.05) is 6.61 Å². The smallest absolute Gasteiger partial charge is 0.282 e. The van der Waals surface area contributed by atoms with E-state index in [-0.39, 0.29) is 6.54 Å². The molecule has 0 radical (unpaired) electrons. The molecule has 0 aliphatic heterocycles. The summed E-state index contributed by atoms with van der Waals surface area (Å²) in [7, 11) is 0. The molecule has 1 rings (SSSR count). The number of hydrogen-bond acceptors (Lipinski definition) is 5. The number of rotatable bonds is 4. The van der Waals surface area contributed by atoms with Crippen molar-refractivity contribution in [3.8, 4) is 0 Å². The zero-order valence-electron chi connectivity index (χ0n) is 8.13. The van der Waals surface area contributed by atoms with Crippen molar-refractivity contribution in [3.05, 3.63) is 28.2 Å². The molecule has 88 valence electrons. The van der Waals surface area contributed by atoms with Crippen LogP contribution in [0, 0.1) is 5.95 Å². The predicted molar refractivity (Wildman–Crippen MR) is 50.1 cm³/mol. The highest BCUT2D eigenvalue weighted by Gasteiger charge is 2.15. The van der Waals surface area contributed by atoms with Gasteiger partial charge in [-0.3, -0.25) is 9.59 Å². The highest BCUT2D eigenvalue weighted by Crippen LogP contribution is 1.94. The first kappa shape index (κ1) is 12.3. The van der Waals surface area contributed by atoms with E-state index in [1.807, 2.05) is 0 Å². The van der Waals surface area contributed by atoms with Gasteiger partial charge in [-0.05, 0) is 0 Å². The van der Waals surface area contributed by atoms with E-state index in [1.54, 1.807) is 0 Å². The van der Waals surface area contributed by atoms with Crippen LogP contribution in [0.4, 0.5) is 4.39 Å². The van der Waals surface area contributed by atoms with Gasteiger partial charge in [-0.25, -0.2) is 4.98 Å². The second kappa shape index (κ2) is 4.81. The topological polar surface area (TPSA) is 118 Å². The lowest BCUT2D eigenvalue weighted by atomic mass is 10.3. The molecule has 1 amide bonds. The normalized spacial score (nSPS) is 12.4. The largest absolute Gasteiger partial charge is 0.394 e. The molecule has 0 aliphatic carbocycles. The molecular formula is C8H10FN3O4. The van der Waals surface area contributed by atoms with Crippen LogP contribution in [0.2, 0.25) is 0 Å². The van der Waals surface area contributed by atoms with Crippen molar-refractivity contribution >= 4 is 5.91 Å². The number of primary amides is 1. The van der Waals surface area contributed by atoms with Crippen molar-refractivity contribution in [1.29, 1.82) is 0 Å². The molecule has 1 aromatic rings. The Morgan fingerprint density at radius 2 is 2.31 bits per heavy atom. The van der Waals surface area contributed by atoms with Crippen molar-refractivity contribution in [1.82, 2.24) is 9.55 Å². The first-order valence-corrected chi connectivity index (χ1v) is 4.31. The third-order valence-electron chi connectivity index (χ3n) is 1.80. The van der Waals surface area contributed by atoms with Gasteiger partial charge in [0.1, 0.15) is 0 Å². The summed E-state index contributed by atoms with van der Waals surface area (Å²) in [5.41, 5.74) is 3.16. The Kier molecular flexibility index (Phi) is 3.69. The van der Waals surface area contributed by atoms with Crippen LogP contribution in [0.25, 0.3) is 0 Å². The Morgan fingerprint density at radius 1 is 1.69 bits per heavy atom. The first-order valence-electron chi connectivity index (χ1n) is 4.31. The van der Waals surface area contributed by atoms with E-state index in [0.717, 1.165) is 4.57 Å². The molecule has 0 spiro atoms. The number of nitrogens with two attached hydrogens (primary N) is 1. The van der Waals surface area contributed by atoms with Crippen LogP contribution >= 0.6 is 0 Å². The molecule has 0 fully saturated rings. The summed E-state index contributed by atoms with van der Waals surface area (Å²) in [6.45, 7) is -0.947. The van der Waals surface area contributed by atoms with Gasteiger partial charge in [-0.1, -0.05) is 0 Å². The molecule has 16 heavy (non-hydrogen) atoms. The number of halogens is 1. The van der Waals surface area contributed by atoms with E-state index in [4.69, 9.17) is 15.9 Å². The minimum Gasteiger partial charge on any atom is -0.394 e. The fourth-order valence-corrected chi connectivity index (χ4v) is 1.09. The lowest BCUT2D eigenvalue weighted by molar-refractivity contribution is 0.0796. The third kappa shape index (κ3) is 2.61. The maximum atomic E-state index is 12.9. The Balaban J connectivity index is 3.19. The molecule has 1 aromatic heterocycles. The fourth-order valence-electron chi connectivity index (χ4n) is 1.09. The van der Waals surface area contributed by atoms with Crippen molar-refractivity contribution < 1.29 is 19.4 Å². The van der Waals surface area contributed by atoms with Gasteiger partial charge in [0.25, 0.3) is 11.5 Å². The Morgan fingerprint density at radius 3 is 2.81 bits per heavy atom. The molecule has 1 heterocycles. The van der Waals surface area contributed by atoms with E-state index in [0.29, 0.717) is 6.20 Å². The minimum absolute atomic E-state index is 0.352. The SMILES string of the molecule is NC(=O)c1nc(F)cn(CC(O)CO)c1=O. The van der Waals surface area contributed by atoms with Crippen LogP contribution in [0.1, 0.15) is 10.5 Å². The van der Waals surface area contributed by atoms with Crippen LogP contribution in [-0.2, 0) is 6.54 Å². The summed E-state index contributed by atoms with van der Waals surface area (Å²) < 4.78 is 13.6. The second-order valence-corrected chi connectivity index (χ2v) is 3.07. The Bertz CT molecular complexity index is 459. The third-order valence-corrected chi connectivity index (χ3v) is 1.80.